The fourth-order valence-electron chi connectivity index (χ4n) is 6.61. The van der Waals surface area contributed by atoms with Crippen molar-refractivity contribution in [2.45, 2.75) is 31.8 Å². The smallest absolute Gasteiger partial charge is 0.138 e. The molecule has 234 valence electrons. The van der Waals surface area contributed by atoms with Crippen molar-refractivity contribution in [2.24, 2.45) is 0 Å². The van der Waals surface area contributed by atoms with Gasteiger partial charge < -0.3 is 19.8 Å². The van der Waals surface area contributed by atoms with Gasteiger partial charge in [0.2, 0.25) is 0 Å². The monoisotopic (exact) mass is 617 g/mol. The van der Waals surface area contributed by atoms with E-state index in [2.05, 4.69) is 36.4 Å². The van der Waals surface area contributed by atoms with Crippen LogP contribution in [-0.2, 0) is 0 Å². The van der Waals surface area contributed by atoms with Gasteiger partial charge in [-0.15, -0.1) is 0 Å². The van der Waals surface area contributed by atoms with E-state index in [-0.39, 0.29) is 11.9 Å². The molecule has 0 radical (unpaired) electrons. The van der Waals surface area contributed by atoms with Crippen LogP contribution in [0.1, 0.15) is 25.7 Å². The summed E-state index contributed by atoms with van der Waals surface area (Å²) in [5.41, 5.74) is 7.36. The third kappa shape index (κ3) is 5.93. The zero-order valence-corrected chi connectivity index (χ0v) is 25.6. The Labute approximate surface area is 266 Å². The number of pyridine rings is 2. The highest BCUT2D eigenvalue weighted by atomic mass is 19.1. The Morgan fingerprint density at radius 2 is 1.76 bits per heavy atom. The molecule has 9 nitrogen and oxygen atoms in total. The number of benzene rings is 2. The summed E-state index contributed by atoms with van der Waals surface area (Å²) in [5, 5.41) is 12.1. The predicted molar refractivity (Wildman–Crippen MR) is 177 cm³/mol. The van der Waals surface area contributed by atoms with Gasteiger partial charge in [0.1, 0.15) is 41.2 Å². The number of nitrogens with one attached hydrogen (secondary N) is 3. The number of fused-ring (bicyclic) bond motifs is 2. The van der Waals surface area contributed by atoms with Gasteiger partial charge in [-0.05, 0) is 105 Å². The van der Waals surface area contributed by atoms with Gasteiger partial charge in [-0.25, -0.2) is 9.37 Å². The van der Waals surface area contributed by atoms with Crippen LogP contribution in [0.3, 0.4) is 0 Å². The lowest BCUT2D eigenvalue weighted by molar-refractivity contribution is 0.162. The molecular weight excluding hydrogens is 581 g/mol. The number of hydrogen-bond donors (Lipinski definition) is 3. The van der Waals surface area contributed by atoms with Gasteiger partial charge >= 0.3 is 0 Å². The van der Waals surface area contributed by atoms with Crippen molar-refractivity contribution >= 4 is 21.9 Å². The largest absolute Gasteiger partial charge is 0.492 e. The summed E-state index contributed by atoms with van der Waals surface area (Å²) in [7, 11) is 0. The van der Waals surface area contributed by atoms with E-state index in [0.717, 1.165) is 101 Å². The summed E-state index contributed by atoms with van der Waals surface area (Å²) in [5.74, 6) is 0.965. The van der Waals surface area contributed by atoms with Crippen LogP contribution in [0.4, 0.5) is 4.39 Å². The van der Waals surface area contributed by atoms with Crippen LogP contribution < -0.4 is 14.8 Å². The SMILES string of the molecule is Fc1cc(OCCN2CCCC2)cc(-c2cccc3[nH]c(-c4n[nH]c5ccc(-c6cncc(OC7CCNCC7)c6)nc45)cc23)c1. The number of likely N-dealkylation sites (tertiary alicyclic amines) is 1. The minimum absolute atomic E-state index is 0.187. The molecule has 2 aliphatic heterocycles. The molecule has 6 heterocycles. The van der Waals surface area contributed by atoms with Crippen molar-refractivity contribution in [1.29, 1.82) is 0 Å². The van der Waals surface area contributed by atoms with Crippen molar-refractivity contribution in [2.75, 3.05) is 39.3 Å². The number of ether oxygens (including phenoxy) is 2. The second-order valence-corrected chi connectivity index (χ2v) is 12.2. The molecule has 2 saturated heterocycles. The second-order valence-electron chi connectivity index (χ2n) is 12.2. The first kappa shape index (κ1) is 28.7. The van der Waals surface area contributed by atoms with Crippen LogP contribution >= 0.6 is 0 Å². The summed E-state index contributed by atoms with van der Waals surface area (Å²) in [6.07, 6.45) is 8.18. The summed E-state index contributed by atoms with van der Waals surface area (Å²) in [6.45, 7) is 5.53. The lowest BCUT2D eigenvalue weighted by Gasteiger charge is -2.23. The van der Waals surface area contributed by atoms with Gasteiger partial charge in [0, 0.05) is 35.3 Å². The van der Waals surface area contributed by atoms with Crippen molar-refractivity contribution < 1.29 is 13.9 Å². The number of rotatable bonds is 9. The fourth-order valence-corrected chi connectivity index (χ4v) is 6.61. The van der Waals surface area contributed by atoms with E-state index in [1.165, 1.54) is 18.9 Å². The third-order valence-electron chi connectivity index (χ3n) is 8.98. The molecule has 2 aromatic carbocycles. The lowest BCUT2D eigenvalue weighted by Crippen LogP contribution is -2.34. The fraction of sp³-hybridized carbons (Fsp3) is 0.306. The molecule has 2 aliphatic rings. The van der Waals surface area contributed by atoms with E-state index < -0.39 is 0 Å². The maximum absolute atomic E-state index is 14.8. The maximum Gasteiger partial charge on any atom is 0.138 e. The quantitative estimate of drug-likeness (QED) is 0.168. The molecule has 2 fully saturated rings. The Morgan fingerprint density at radius 1 is 0.891 bits per heavy atom. The van der Waals surface area contributed by atoms with Gasteiger partial charge in [0.15, 0.2) is 0 Å². The highest BCUT2D eigenvalue weighted by Gasteiger charge is 2.18. The van der Waals surface area contributed by atoms with Crippen LogP contribution in [0.5, 0.6) is 11.5 Å². The van der Waals surface area contributed by atoms with E-state index in [4.69, 9.17) is 14.5 Å². The minimum atomic E-state index is -0.323. The Balaban J connectivity index is 1.08. The van der Waals surface area contributed by atoms with Crippen molar-refractivity contribution in [3.63, 3.8) is 0 Å². The van der Waals surface area contributed by atoms with Crippen LogP contribution in [0.25, 0.3) is 55.7 Å². The van der Waals surface area contributed by atoms with E-state index in [0.29, 0.717) is 18.1 Å². The van der Waals surface area contributed by atoms with Gasteiger partial charge in [0.25, 0.3) is 0 Å². The topological polar surface area (TPSA) is 104 Å². The molecule has 0 saturated carbocycles. The number of halogens is 1. The number of aromatic amines is 2. The van der Waals surface area contributed by atoms with E-state index >= 15 is 0 Å². The number of hydrogen-bond acceptors (Lipinski definition) is 7. The van der Waals surface area contributed by atoms with Crippen LogP contribution in [0.15, 0.2) is 73.1 Å². The molecule has 0 bridgehead atoms. The van der Waals surface area contributed by atoms with Gasteiger partial charge in [0.05, 0.1) is 23.1 Å². The summed E-state index contributed by atoms with van der Waals surface area (Å²) in [6, 6.07) is 18.9. The first-order chi connectivity index (χ1) is 22.7. The Hall–Kier alpha value is -4.80. The molecule has 0 spiro atoms. The highest BCUT2D eigenvalue weighted by Crippen LogP contribution is 2.36. The third-order valence-corrected chi connectivity index (χ3v) is 8.98. The predicted octanol–water partition coefficient (Wildman–Crippen LogP) is 6.58. The van der Waals surface area contributed by atoms with E-state index in [1.54, 1.807) is 12.3 Å². The molecule has 3 N–H and O–H groups in total. The molecule has 0 unspecified atom stereocenters. The normalized spacial score (nSPS) is 16.0. The summed E-state index contributed by atoms with van der Waals surface area (Å²) < 4.78 is 27.1. The zero-order chi connectivity index (χ0) is 30.9. The molecule has 8 rings (SSSR count). The Morgan fingerprint density at radius 3 is 2.65 bits per heavy atom. The summed E-state index contributed by atoms with van der Waals surface area (Å²) in [4.78, 5) is 15.4. The van der Waals surface area contributed by atoms with Crippen LogP contribution in [-0.4, -0.2) is 75.5 Å². The Bertz CT molecular complexity index is 1990. The van der Waals surface area contributed by atoms with Crippen molar-refractivity contribution in [3.05, 3.63) is 78.9 Å². The standard InChI is InChI=1S/C36H36FN7O2/c37-25-16-23(17-27(19-25)45-15-14-44-12-1-2-13-44)29-4-3-5-32-30(29)20-34(40-32)36-35-33(42-43-36)7-6-31(41-35)24-18-28(22-39-21-24)46-26-8-10-38-11-9-26/h3-7,16-22,26,38,40H,1-2,8-15H2,(H,42,43). The lowest BCUT2D eigenvalue weighted by atomic mass is 10.0. The van der Waals surface area contributed by atoms with Gasteiger partial charge in [-0.1, -0.05) is 12.1 Å². The number of aromatic nitrogens is 5. The molecule has 4 aromatic heterocycles. The van der Waals surface area contributed by atoms with Crippen LogP contribution in [0.2, 0.25) is 0 Å². The molecule has 0 aliphatic carbocycles. The first-order valence-electron chi connectivity index (χ1n) is 16.1. The van der Waals surface area contributed by atoms with Crippen molar-refractivity contribution in [1.82, 2.24) is 35.4 Å². The molecule has 0 amide bonds. The minimum Gasteiger partial charge on any atom is -0.492 e. The Kier molecular flexibility index (Phi) is 7.81. The van der Waals surface area contributed by atoms with Crippen LogP contribution in [0, 0.1) is 5.82 Å². The number of piperidine rings is 1. The zero-order valence-electron chi connectivity index (χ0n) is 25.6. The number of nitrogens with zero attached hydrogens (tertiary/aromatic N) is 4. The van der Waals surface area contributed by atoms with E-state index in [9.17, 15) is 4.39 Å². The average Bonchev–Trinajstić information content (AvgIpc) is 3.85. The molecular formula is C36H36FN7O2. The van der Waals surface area contributed by atoms with E-state index in [1.807, 2.05) is 48.7 Å². The maximum atomic E-state index is 14.8. The second kappa shape index (κ2) is 12.5. The average molecular weight is 618 g/mol. The first-order valence-corrected chi connectivity index (χ1v) is 16.1. The molecule has 6 aromatic rings. The molecule has 46 heavy (non-hydrogen) atoms. The van der Waals surface area contributed by atoms with Gasteiger partial charge in [-0.3, -0.25) is 15.0 Å². The molecule has 10 heteroatoms. The van der Waals surface area contributed by atoms with Gasteiger partial charge in [-0.2, -0.15) is 5.10 Å². The highest BCUT2D eigenvalue weighted by molar-refractivity contribution is 6.00. The molecule has 0 atom stereocenters. The summed E-state index contributed by atoms with van der Waals surface area (Å²) >= 11 is 0. The number of H-pyrrole nitrogens is 2. The van der Waals surface area contributed by atoms with Crippen molar-refractivity contribution in [3.8, 4) is 45.3 Å².